The summed E-state index contributed by atoms with van der Waals surface area (Å²) in [4.78, 5) is 0. The average Bonchev–Trinajstić information content (AvgIpc) is 3.24. The minimum absolute atomic E-state index is 0.640. The van der Waals surface area contributed by atoms with Crippen molar-refractivity contribution in [2.24, 2.45) is 0 Å². The lowest BCUT2D eigenvalue weighted by atomic mass is 9.84. The second-order valence-corrected chi connectivity index (χ2v) is 15.0. The highest BCUT2D eigenvalue weighted by Crippen LogP contribution is 2.33. The van der Waals surface area contributed by atoms with Crippen molar-refractivity contribution in [3.63, 3.8) is 0 Å². The van der Waals surface area contributed by atoms with Gasteiger partial charge in [0.25, 0.3) is 0 Å². The van der Waals surface area contributed by atoms with E-state index < -0.39 is 0 Å². The van der Waals surface area contributed by atoms with Crippen molar-refractivity contribution < 1.29 is 9.47 Å². The highest BCUT2D eigenvalue weighted by molar-refractivity contribution is 5.45. The maximum Gasteiger partial charge on any atom is 0.119 e. The van der Waals surface area contributed by atoms with Crippen LogP contribution in [0.15, 0.2) is 120 Å². The second kappa shape index (κ2) is 23.1. The van der Waals surface area contributed by atoms with Crippen LogP contribution in [0.5, 0.6) is 11.5 Å². The van der Waals surface area contributed by atoms with E-state index in [2.05, 4.69) is 112 Å². The molecule has 0 spiro atoms. The molecular formula is C53H62O2. The van der Waals surface area contributed by atoms with Crippen LogP contribution in [-0.4, -0.2) is 13.2 Å². The summed E-state index contributed by atoms with van der Waals surface area (Å²) in [5.41, 5.74) is 10.5. The highest BCUT2D eigenvalue weighted by atomic mass is 16.5. The highest BCUT2D eigenvalue weighted by Gasteiger charge is 2.16. The molecule has 55 heavy (non-hydrogen) atoms. The summed E-state index contributed by atoms with van der Waals surface area (Å²) < 4.78 is 11.2. The van der Waals surface area contributed by atoms with E-state index >= 15 is 0 Å². The zero-order chi connectivity index (χ0) is 38.5. The first-order chi connectivity index (χ1) is 27.1. The third-order valence-corrected chi connectivity index (χ3v) is 10.5. The smallest absolute Gasteiger partial charge is 0.119 e. The molecule has 0 fully saturated rings. The monoisotopic (exact) mass is 730 g/mol. The van der Waals surface area contributed by atoms with Gasteiger partial charge < -0.3 is 9.47 Å². The first-order valence-electron chi connectivity index (χ1n) is 21.1. The van der Waals surface area contributed by atoms with E-state index in [1.54, 1.807) is 0 Å². The topological polar surface area (TPSA) is 18.5 Å². The van der Waals surface area contributed by atoms with Gasteiger partial charge in [-0.1, -0.05) is 125 Å². The first kappa shape index (κ1) is 41.2. The fraction of sp³-hybridized carbons (Fsp3) is 0.396. The lowest BCUT2D eigenvalue weighted by Gasteiger charge is -2.20. The van der Waals surface area contributed by atoms with E-state index in [0.29, 0.717) is 11.8 Å². The molecule has 0 saturated heterocycles. The van der Waals surface area contributed by atoms with Gasteiger partial charge in [-0.15, -0.1) is 0 Å². The molecule has 286 valence electrons. The number of unbranched alkanes of at least 4 members (excludes halogenated alkanes) is 1. The van der Waals surface area contributed by atoms with Gasteiger partial charge in [-0.2, -0.15) is 0 Å². The summed E-state index contributed by atoms with van der Waals surface area (Å²) in [5.74, 6) is 16.5. The van der Waals surface area contributed by atoms with Crippen LogP contribution in [0, 0.1) is 23.7 Å². The minimum Gasteiger partial charge on any atom is -0.494 e. The summed E-state index contributed by atoms with van der Waals surface area (Å²) in [6, 6.07) is 34.8. The van der Waals surface area contributed by atoms with Crippen molar-refractivity contribution in [2.75, 3.05) is 13.2 Å². The van der Waals surface area contributed by atoms with Crippen LogP contribution in [0.3, 0.4) is 0 Å². The largest absolute Gasteiger partial charge is 0.494 e. The van der Waals surface area contributed by atoms with Gasteiger partial charge in [-0.05, 0) is 164 Å². The third-order valence-electron chi connectivity index (χ3n) is 10.5. The minimum atomic E-state index is 0.640. The normalized spacial score (nSPS) is 16.1. The number of aryl methyl sites for hydroxylation is 2. The molecule has 4 aromatic carbocycles. The summed E-state index contributed by atoms with van der Waals surface area (Å²) in [5, 5.41) is 0. The Balaban J connectivity index is 0.000000211. The molecule has 6 rings (SSSR count). The quantitative estimate of drug-likeness (QED) is 0.128. The van der Waals surface area contributed by atoms with Crippen molar-refractivity contribution in [1.29, 1.82) is 0 Å². The van der Waals surface area contributed by atoms with Gasteiger partial charge in [-0.3, -0.25) is 0 Å². The Morgan fingerprint density at radius 2 is 0.909 bits per heavy atom. The molecule has 2 heteroatoms. The Labute approximate surface area is 333 Å². The van der Waals surface area contributed by atoms with Gasteiger partial charge in [0.05, 0.1) is 13.2 Å². The molecule has 0 aromatic heterocycles. The van der Waals surface area contributed by atoms with Crippen LogP contribution < -0.4 is 9.47 Å². The van der Waals surface area contributed by atoms with E-state index in [0.717, 1.165) is 74.4 Å². The summed E-state index contributed by atoms with van der Waals surface area (Å²) in [6.45, 7) is 10.2. The van der Waals surface area contributed by atoms with Crippen LogP contribution in [0.1, 0.15) is 144 Å². The molecule has 2 nitrogen and oxygen atoms in total. The Bertz CT molecular complexity index is 1900. The fourth-order valence-electron chi connectivity index (χ4n) is 7.10. The molecule has 0 bridgehead atoms. The van der Waals surface area contributed by atoms with E-state index in [1.807, 2.05) is 48.5 Å². The van der Waals surface area contributed by atoms with Gasteiger partial charge in [0.2, 0.25) is 0 Å². The predicted molar refractivity (Wildman–Crippen MR) is 233 cm³/mol. The first-order valence-corrected chi connectivity index (χ1v) is 21.1. The van der Waals surface area contributed by atoms with Crippen LogP contribution in [-0.2, 0) is 12.8 Å². The summed E-state index contributed by atoms with van der Waals surface area (Å²) >= 11 is 0. The molecule has 2 unspecified atom stereocenters. The van der Waals surface area contributed by atoms with Crippen LogP contribution >= 0.6 is 0 Å². The lowest BCUT2D eigenvalue weighted by molar-refractivity contribution is 0.317. The zero-order valence-electron chi connectivity index (χ0n) is 34.0. The van der Waals surface area contributed by atoms with Gasteiger partial charge in [0.1, 0.15) is 11.5 Å². The zero-order valence-corrected chi connectivity index (χ0v) is 34.0. The standard InChI is InChI=1S/C27H32O.C26H30O/c1-3-5-6-22-9-15-25(16-10-22)26-17-11-23(12-18-26)7-8-24-13-19-27(20-14-24)28-21-4-2;1-3-5-21-8-14-24(15-9-21)25-16-10-22(11-17-25)6-7-23-12-18-26(19-13-23)27-20-4-2/h9-11,13-16,19-20,26H,3-6,12,17-18,21H2,1-2H3;8-10,12-15,18-19,25H,3-5,11,16-17,20H2,1-2H3. The molecule has 0 aliphatic heterocycles. The summed E-state index contributed by atoms with van der Waals surface area (Å²) in [6.07, 6.45) is 19.6. The number of hydrogen-bond donors (Lipinski definition) is 0. The molecule has 2 aliphatic rings. The van der Waals surface area contributed by atoms with Crippen molar-refractivity contribution >= 4 is 0 Å². The van der Waals surface area contributed by atoms with Gasteiger partial charge in [0.15, 0.2) is 0 Å². The predicted octanol–water partition coefficient (Wildman–Crippen LogP) is 13.7. The number of ether oxygens (including phenoxy) is 2. The SMILES string of the molecule is CCCCc1ccc(C2CC=C(C#Cc3ccc(OCCC)cc3)CC2)cc1.CCCOc1ccc(C#CC2=CCC(c3ccc(CCC)cc3)CC2)cc1. The Kier molecular flexibility index (Phi) is 17.3. The van der Waals surface area contributed by atoms with Gasteiger partial charge >= 0.3 is 0 Å². The number of rotatable bonds is 13. The maximum absolute atomic E-state index is 5.63. The van der Waals surface area contributed by atoms with Crippen molar-refractivity contribution in [2.45, 2.75) is 123 Å². The Hall–Kier alpha value is -4.92. The molecule has 2 atom stereocenters. The molecule has 0 radical (unpaired) electrons. The molecule has 0 saturated carbocycles. The second-order valence-electron chi connectivity index (χ2n) is 15.0. The van der Waals surface area contributed by atoms with Crippen molar-refractivity contribution in [3.8, 4) is 35.2 Å². The van der Waals surface area contributed by atoms with E-state index in [-0.39, 0.29) is 0 Å². The van der Waals surface area contributed by atoms with E-state index in [9.17, 15) is 0 Å². The van der Waals surface area contributed by atoms with E-state index in [4.69, 9.17) is 9.47 Å². The number of allylic oxidation sites excluding steroid dienone is 4. The fourth-order valence-corrected chi connectivity index (χ4v) is 7.10. The molecular weight excluding hydrogens is 669 g/mol. The molecule has 0 heterocycles. The number of benzene rings is 4. The van der Waals surface area contributed by atoms with Crippen molar-refractivity contribution in [3.05, 3.63) is 154 Å². The van der Waals surface area contributed by atoms with Crippen molar-refractivity contribution in [1.82, 2.24) is 0 Å². The molecule has 0 amide bonds. The van der Waals surface area contributed by atoms with Gasteiger partial charge in [0, 0.05) is 11.1 Å². The lowest BCUT2D eigenvalue weighted by Crippen LogP contribution is -2.04. The molecule has 2 aliphatic carbocycles. The van der Waals surface area contributed by atoms with Crippen LogP contribution in [0.4, 0.5) is 0 Å². The van der Waals surface area contributed by atoms with Crippen LogP contribution in [0.2, 0.25) is 0 Å². The van der Waals surface area contributed by atoms with Gasteiger partial charge in [-0.25, -0.2) is 0 Å². The third kappa shape index (κ3) is 14.0. The Morgan fingerprint density at radius 1 is 0.473 bits per heavy atom. The number of hydrogen-bond acceptors (Lipinski definition) is 2. The molecule has 4 aromatic rings. The summed E-state index contributed by atoms with van der Waals surface area (Å²) in [7, 11) is 0. The van der Waals surface area contributed by atoms with Crippen LogP contribution in [0.25, 0.3) is 0 Å². The average molecular weight is 731 g/mol. The maximum atomic E-state index is 5.63. The van der Waals surface area contributed by atoms with E-state index in [1.165, 1.54) is 78.3 Å². The Morgan fingerprint density at radius 3 is 1.27 bits per heavy atom. The molecule has 0 N–H and O–H groups in total.